The lowest BCUT2D eigenvalue weighted by atomic mass is 10.1. The van der Waals surface area contributed by atoms with Gasteiger partial charge in [0.15, 0.2) is 0 Å². The Bertz CT molecular complexity index is 359. The van der Waals surface area contributed by atoms with Gasteiger partial charge in [-0.1, -0.05) is 28.1 Å². The highest BCUT2D eigenvalue weighted by molar-refractivity contribution is 9.09. The molecule has 1 N–H and O–H groups in total. The van der Waals surface area contributed by atoms with Crippen LogP contribution in [0.25, 0.3) is 0 Å². The van der Waals surface area contributed by atoms with Crippen molar-refractivity contribution in [1.29, 1.82) is 0 Å². The molecule has 0 heterocycles. The first-order chi connectivity index (χ1) is 6.82. The van der Waals surface area contributed by atoms with Gasteiger partial charge < -0.3 is 5.11 Å². The first kappa shape index (κ1) is 12.0. The van der Waals surface area contributed by atoms with Crippen LogP contribution in [0.2, 0.25) is 0 Å². The van der Waals surface area contributed by atoms with Crippen molar-refractivity contribution >= 4 is 21.9 Å². The van der Waals surface area contributed by atoms with Crippen LogP contribution in [0.3, 0.4) is 0 Å². The van der Waals surface area contributed by atoms with Crippen molar-refractivity contribution < 1.29 is 23.1 Å². The highest BCUT2D eigenvalue weighted by atomic mass is 79.9. The summed E-state index contributed by atoms with van der Waals surface area (Å²) < 4.78 is 36.5. The fourth-order valence-corrected chi connectivity index (χ4v) is 1.29. The van der Waals surface area contributed by atoms with Crippen LogP contribution in [0.15, 0.2) is 24.3 Å². The quantitative estimate of drug-likeness (QED) is 0.846. The maximum Gasteiger partial charge on any atom is 0.416 e. The number of carboxylic acids is 1. The molecule has 82 valence electrons. The topological polar surface area (TPSA) is 37.3 Å². The zero-order valence-corrected chi connectivity index (χ0v) is 8.84. The zero-order valence-electron chi connectivity index (χ0n) is 7.25. The summed E-state index contributed by atoms with van der Waals surface area (Å²) in [5.41, 5.74) is -0.521. The molecular formula is C9H6BrF3O2. The predicted molar refractivity (Wildman–Crippen MR) is 50.7 cm³/mol. The number of rotatable bonds is 2. The van der Waals surface area contributed by atoms with Gasteiger partial charge in [-0.25, -0.2) is 0 Å². The molecule has 0 spiro atoms. The molecule has 0 aromatic heterocycles. The molecule has 0 aliphatic carbocycles. The number of carbonyl (C=O) groups is 1. The molecule has 0 fully saturated rings. The number of hydrogen-bond donors (Lipinski definition) is 1. The Labute approximate surface area is 91.8 Å². The summed E-state index contributed by atoms with van der Waals surface area (Å²) in [6, 6.07) is 3.98. The van der Waals surface area contributed by atoms with E-state index in [0.717, 1.165) is 24.3 Å². The Kier molecular flexibility index (Phi) is 3.38. The molecule has 0 aliphatic rings. The van der Waals surface area contributed by atoms with E-state index in [0.29, 0.717) is 0 Å². The molecule has 0 saturated carbocycles. The summed E-state index contributed by atoms with van der Waals surface area (Å²) in [6.07, 6.45) is -4.40. The van der Waals surface area contributed by atoms with Crippen LogP contribution in [0, 0.1) is 0 Å². The van der Waals surface area contributed by atoms with Crippen LogP contribution in [-0.2, 0) is 11.0 Å². The first-order valence-electron chi connectivity index (χ1n) is 3.86. The van der Waals surface area contributed by atoms with Gasteiger partial charge in [0, 0.05) is 0 Å². The standard InChI is InChI=1S/C9H6BrF3O2/c10-7(8(14)15)5-1-3-6(4-2-5)9(11,12)13/h1-4,7H,(H,14,15). The fraction of sp³-hybridized carbons (Fsp3) is 0.222. The normalized spacial score (nSPS) is 13.6. The van der Waals surface area contributed by atoms with E-state index in [4.69, 9.17) is 5.11 Å². The SMILES string of the molecule is O=C(O)C(Br)c1ccc(C(F)(F)F)cc1. The zero-order chi connectivity index (χ0) is 11.6. The molecule has 6 heteroatoms. The van der Waals surface area contributed by atoms with Crippen LogP contribution in [0.1, 0.15) is 16.0 Å². The van der Waals surface area contributed by atoms with Crippen molar-refractivity contribution in [3.63, 3.8) is 0 Å². The molecule has 1 aromatic carbocycles. The van der Waals surface area contributed by atoms with E-state index in [1.54, 1.807) is 0 Å². The highest BCUT2D eigenvalue weighted by Gasteiger charge is 2.30. The van der Waals surface area contributed by atoms with Crippen LogP contribution < -0.4 is 0 Å². The van der Waals surface area contributed by atoms with Crippen molar-refractivity contribution in [3.05, 3.63) is 35.4 Å². The largest absolute Gasteiger partial charge is 0.480 e. The molecule has 1 aromatic rings. The number of aliphatic carboxylic acids is 1. The third-order valence-corrected chi connectivity index (χ3v) is 2.67. The summed E-state index contributed by atoms with van der Waals surface area (Å²) in [5.74, 6) is -1.14. The minimum Gasteiger partial charge on any atom is -0.480 e. The van der Waals surface area contributed by atoms with E-state index in [1.165, 1.54) is 0 Å². The van der Waals surface area contributed by atoms with E-state index in [1.807, 2.05) is 0 Å². The monoisotopic (exact) mass is 282 g/mol. The summed E-state index contributed by atoms with van der Waals surface area (Å²) in [7, 11) is 0. The minimum atomic E-state index is -4.40. The first-order valence-corrected chi connectivity index (χ1v) is 4.78. The molecule has 0 saturated heterocycles. The molecule has 0 radical (unpaired) electrons. The van der Waals surface area contributed by atoms with Gasteiger partial charge in [-0.15, -0.1) is 0 Å². The third-order valence-electron chi connectivity index (χ3n) is 1.75. The van der Waals surface area contributed by atoms with Crippen LogP contribution >= 0.6 is 15.9 Å². The molecule has 15 heavy (non-hydrogen) atoms. The van der Waals surface area contributed by atoms with Gasteiger partial charge in [-0.2, -0.15) is 13.2 Å². The van der Waals surface area contributed by atoms with E-state index < -0.39 is 22.5 Å². The summed E-state index contributed by atoms with van der Waals surface area (Å²) >= 11 is 2.84. The molecule has 2 nitrogen and oxygen atoms in total. The molecule has 0 aliphatic heterocycles. The van der Waals surface area contributed by atoms with Gasteiger partial charge in [0.1, 0.15) is 4.83 Å². The van der Waals surface area contributed by atoms with Gasteiger partial charge in [-0.3, -0.25) is 4.79 Å². The lowest BCUT2D eigenvalue weighted by molar-refractivity contribution is -0.137. The second-order valence-corrected chi connectivity index (χ2v) is 3.74. The second kappa shape index (κ2) is 4.22. The van der Waals surface area contributed by atoms with E-state index >= 15 is 0 Å². The van der Waals surface area contributed by atoms with Crippen molar-refractivity contribution in [2.24, 2.45) is 0 Å². The summed E-state index contributed by atoms with van der Waals surface area (Å²) in [6.45, 7) is 0. The van der Waals surface area contributed by atoms with E-state index in [2.05, 4.69) is 15.9 Å². The Hall–Kier alpha value is -1.04. The van der Waals surface area contributed by atoms with Crippen molar-refractivity contribution in [1.82, 2.24) is 0 Å². The highest BCUT2D eigenvalue weighted by Crippen LogP contribution is 2.31. The van der Waals surface area contributed by atoms with Crippen molar-refractivity contribution in [3.8, 4) is 0 Å². The molecular weight excluding hydrogens is 277 g/mol. The predicted octanol–water partition coefficient (Wildman–Crippen LogP) is 3.23. The van der Waals surface area contributed by atoms with Gasteiger partial charge in [0.25, 0.3) is 0 Å². The maximum absolute atomic E-state index is 12.2. The fourth-order valence-electron chi connectivity index (χ4n) is 0.984. The minimum absolute atomic E-state index is 0.274. The number of carboxylic acid groups (broad SMARTS) is 1. The molecule has 1 rings (SSSR count). The van der Waals surface area contributed by atoms with Crippen LogP contribution in [0.5, 0.6) is 0 Å². The van der Waals surface area contributed by atoms with Crippen LogP contribution in [-0.4, -0.2) is 11.1 Å². The molecule has 0 bridgehead atoms. The smallest absolute Gasteiger partial charge is 0.416 e. The number of benzene rings is 1. The Balaban J connectivity index is 2.95. The number of alkyl halides is 4. The number of hydrogen-bond acceptors (Lipinski definition) is 1. The van der Waals surface area contributed by atoms with Crippen molar-refractivity contribution in [2.45, 2.75) is 11.0 Å². The van der Waals surface area contributed by atoms with Gasteiger partial charge in [0.2, 0.25) is 0 Å². The Morgan fingerprint density at radius 2 is 1.73 bits per heavy atom. The average Bonchev–Trinajstić information content (AvgIpc) is 2.15. The van der Waals surface area contributed by atoms with Crippen LogP contribution in [0.4, 0.5) is 13.2 Å². The van der Waals surface area contributed by atoms with E-state index in [-0.39, 0.29) is 5.56 Å². The average molecular weight is 283 g/mol. The number of halogens is 4. The van der Waals surface area contributed by atoms with Gasteiger partial charge in [-0.05, 0) is 17.7 Å². The molecule has 0 amide bonds. The van der Waals surface area contributed by atoms with E-state index in [9.17, 15) is 18.0 Å². The Morgan fingerprint density at radius 1 is 1.27 bits per heavy atom. The summed E-state index contributed by atoms with van der Waals surface area (Å²) in [4.78, 5) is 9.53. The lowest BCUT2D eigenvalue weighted by Crippen LogP contribution is -2.07. The maximum atomic E-state index is 12.2. The second-order valence-electron chi connectivity index (χ2n) is 2.82. The molecule has 1 unspecified atom stereocenters. The Morgan fingerprint density at radius 3 is 2.07 bits per heavy atom. The third kappa shape index (κ3) is 2.95. The van der Waals surface area contributed by atoms with Crippen molar-refractivity contribution in [2.75, 3.05) is 0 Å². The van der Waals surface area contributed by atoms with Gasteiger partial charge in [0.05, 0.1) is 5.56 Å². The molecule has 1 atom stereocenters. The summed E-state index contributed by atoms with van der Waals surface area (Å²) in [5, 5.41) is 8.60. The lowest BCUT2D eigenvalue weighted by Gasteiger charge is -2.08. The van der Waals surface area contributed by atoms with Gasteiger partial charge >= 0.3 is 12.1 Å².